The minimum atomic E-state index is 0.761. The average molecular weight is 291 g/mol. The Bertz CT molecular complexity index is 441. The number of nitrogens with one attached hydrogen (secondary N) is 1. The Labute approximate surface area is 126 Å². The zero-order valence-corrected chi connectivity index (χ0v) is 13.1. The van der Waals surface area contributed by atoms with Crippen LogP contribution >= 0.6 is 11.8 Å². The molecular weight excluding hydrogens is 266 g/mol. The normalized spacial score (nSPS) is 38.5. The number of rotatable bonds is 5. The SMILES string of the molecule is CSCc1ccc(CNC2C3CC4CC(C3)CC2C4)o1. The van der Waals surface area contributed by atoms with Gasteiger partial charge in [0.05, 0.1) is 12.3 Å². The smallest absolute Gasteiger partial charge is 0.118 e. The fraction of sp³-hybridized carbons (Fsp3) is 0.765. The minimum Gasteiger partial charge on any atom is -0.464 e. The number of hydrogen-bond acceptors (Lipinski definition) is 3. The molecule has 0 unspecified atom stereocenters. The highest BCUT2D eigenvalue weighted by molar-refractivity contribution is 7.97. The van der Waals surface area contributed by atoms with Gasteiger partial charge in [-0.2, -0.15) is 11.8 Å². The van der Waals surface area contributed by atoms with E-state index in [2.05, 4.69) is 23.7 Å². The van der Waals surface area contributed by atoms with E-state index in [1.807, 2.05) is 11.8 Å². The summed E-state index contributed by atoms with van der Waals surface area (Å²) in [6.07, 6.45) is 9.60. The first-order valence-corrected chi connectivity index (χ1v) is 9.51. The summed E-state index contributed by atoms with van der Waals surface area (Å²) in [5, 5.41) is 3.84. The van der Waals surface area contributed by atoms with Crippen LogP contribution in [0, 0.1) is 23.7 Å². The molecule has 0 spiro atoms. The molecule has 0 saturated heterocycles. The van der Waals surface area contributed by atoms with Gasteiger partial charge in [-0.25, -0.2) is 0 Å². The van der Waals surface area contributed by atoms with Crippen molar-refractivity contribution in [3.63, 3.8) is 0 Å². The summed E-state index contributed by atoms with van der Waals surface area (Å²) in [6.45, 7) is 0.918. The van der Waals surface area contributed by atoms with E-state index in [1.54, 1.807) is 0 Å². The lowest BCUT2D eigenvalue weighted by Crippen LogP contribution is -2.54. The van der Waals surface area contributed by atoms with Gasteiger partial charge < -0.3 is 9.73 Å². The van der Waals surface area contributed by atoms with Crippen molar-refractivity contribution >= 4 is 11.8 Å². The van der Waals surface area contributed by atoms with Crippen molar-refractivity contribution < 1.29 is 4.42 Å². The van der Waals surface area contributed by atoms with E-state index < -0.39 is 0 Å². The molecule has 4 saturated carbocycles. The number of thioether (sulfide) groups is 1. The maximum Gasteiger partial charge on any atom is 0.118 e. The van der Waals surface area contributed by atoms with Crippen molar-refractivity contribution in [1.29, 1.82) is 0 Å². The van der Waals surface area contributed by atoms with Gasteiger partial charge in [0.1, 0.15) is 11.5 Å². The molecule has 1 N–H and O–H groups in total. The Kier molecular flexibility index (Phi) is 3.59. The van der Waals surface area contributed by atoms with Crippen LogP contribution in [-0.4, -0.2) is 12.3 Å². The van der Waals surface area contributed by atoms with Crippen LogP contribution in [0.4, 0.5) is 0 Å². The molecule has 4 aliphatic rings. The second-order valence-corrected chi connectivity index (χ2v) is 8.00. The average Bonchev–Trinajstić information content (AvgIpc) is 2.85. The van der Waals surface area contributed by atoms with E-state index in [9.17, 15) is 0 Å². The Balaban J connectivity index is 1.37. The third-order valence-corrected chi connectivity index (χ3v) is 6.32. The van der Waals surface area contributed by atoms with Gasteiger partial charge in [0.2, 0.25) is 0 Å². The first kappa shape index (κ1) is 13.3. The van der Waals surface area contributed by atoms with E-state index in [0.717, 1.165) is 53.5 Å². The fourth-order valence-electron chi connectivity index (χ4n) is 5.21. The lowest BCUT2D eigenvalue weighted by Gasteiger charge is -2.54. The first-order chi connectivity index (χ1) is 9.81. The van der Waals surface area contributed by atoms with Gasteiger partial charge >= 0.3 is 0 Å². The third kappa shape index (κ3) is 2.43. The molecule has 0 radical (unpaired) electrons. The second kappa shape index (κ2) is 5.42. The van der Waals surface area contributed by atoms with E-state index >= 15 is 0 Å². The molecule has 20 heavy (non-hydrogen) atoms. The predicted molar refractivity (Wildman–Crippen MR) is 83.6 cm³/mol. The van der Waals surface area contributed by atoms with Gasteiger partial charge in [-0.1, -0.05) is 0 Å². The van der Waals surface area contributed by atoms with Gasteiger partial charge in [-0.3, -0.25) is 0 Å². The summed E-state index contributed by atoms with van der Waals surface area (Å²) in [6, 6.07) is 5.04. The molecule has 1 aromatic rings. The second-order valence-electron chi connectivity index (χ2n) is 7.14. The van der Waals surface area contributed by atoms with E-state index in [1.165, 1.54) is 32.1 Å². The van der Waals surface area contributed by atoms with E-state index in [4.69, 9.17) is 4.42 Å². The molecule has 2 nitrogen and oxygen atoms in total. The summed E-state index contributed by atoms with van der Waals surface area (Å²) in [5.74, 6) is 7.23. The molecule has 4 aliphatic carbocycles. The maximum atomic E-state index is 5.88. The molecule has 0 amide bonds. The van der Waals surface area contributed by atoms with Crippen molar-refractivity contribution in [2.24, 2.45) is 23.7 Å². The third-order valence-electron chi connectivity index (χ3n) is 5.74. The minimum absolute atomic E-state index is 0.761. The van der Waals surface area contributed by atoms with Crippen molar-refractivity contribution in [3.05, 3.63) is 23.7 Å². The standard InChI is InChI=1S/C17H25NOS/c1-20-10-16-3-2-15(19-16)9-18-17-13-5-11-4-12(7-13)8-14(17)6-11/h2-3,11-14,17-18H,4-10H2,1H3. The van der Waals surface area contributed by atoms with Crippen LogP contribution in [0.15, 0.2) is 16.5 Å². The van der Waals surface area contributed by atoms with Crippen molar-refractivity contribution in [2.45, 2.75) is 50.4 Å². The summed E-state index contributed by atoms with van der Waals surface area (Å²) in [4.78, 5) is 0. The quantitative estimate of drug-likeness (QED) is 0.885. The Morgan fingerprint density at radius 2 is 1.70 bits per heavy atom. The predicted octanol–water partition coefficient (Wildman–Crippen LogP) is 4.06. The Hall–Kier alpha value is -0.410. The molecule has 0 aromatic carbocycles. The molecule has 4 fully saturated rings. The molecule has 5 rings (SSSR count). The topological polar surface area (TPSA) is 25.2 Å². The molecule has 1 aromatic heterocycles. The number of hydrogen-bond donors (Lipinski definition) is 1. The van der Waals surface area contributed by atoms with Gasteiger partial charge in [0.25, 0.3) is 0 Å². The largest absolute Gasteiger partial charge is 0.464 e. The van der Waals surface area contributed by atoms with Crippen LogP contribution in [0.5, 0.6) is 0 Å². The molecule has 0 atom stereocenters. The van der Waals surface area contributed by atoms with E-state index in [-0.39, 0.29) is 0 Å². The lowest BCUT2D eigenvalue weighted by molar-refractivity contribution is -0.0148. The zero-order valence-electron chi connectivity index (χ0n) is 12.3. The van der Waals surface area contributed by atoms with Gasteiger partial charge in [0, 0.05) is 6.04 Å². The van der Waals surface area contributed by atoms with Crippen LogP contribution in [0.3, 0.4) is 0 Å². The fourth-order valence-corrected chi connectivity index (χ4v) is 5.65. The van der Waals surface area contributed by atoms with Crippen molar-refractivity contribution in [2.75, 3.05) is 6.26 Å². The summed E-state index contributed by atoms with van der Waals surface area (Å²) in [5.41, 5.74) is 0. The summed E-state index contributed by atoms with van der Waals surface area (Å²) >= 11 is 1.82. The molecular formula is C17H25NOS. The van der Waals surface area contributed by atoms with Crippen LogP contribution in [-0.2, 0) is 12.3 Å². The van der Waals surface area contributed by atoms with E-state index in [0.29, 0.717) is 0 Å². The zero-order chi connectivity index (χ0) is 13.5. The summed E-state index contributed by atoms with van der Waals surface area (Å²) < 4.78 is 5.88. The lowest BCUT2D eigenvalue weighted by atomic mass is 9.54. The van der Waals surface area contributed by atoms with Crippen LogP contribution in [0.1, 0.15) is 43.6 Å². The van der Waals surface area contributed by atoms with Gasteiger partial charge in [-0.05, 0) is 74.2 Å². The Morgan fingerprint density at radius 3 is 2.35 bits per heavy atom. The Morgan fingerprint density at radius 1 is 1.05 bits per heavy atom. The van der Waals surface area contributed by atoms with Crippen LogP contribution in [0.2, 0.25) is 0 Å². The van der Waals surface area contributed by atoms with Crippen LogP contribution in [0.25, 0.3) is 0 Å². The number of furan rings is 1. The molecule has 1 heterocycles. The molecule has 4 bridgehead atoms. The summed E-state index contributed by atoms with van der Waals surface area (Å²) in [7, 11) is 0. The molecule has 0 aliphatic heterocycles. The first-order valence-electron chi connectivity index (χ1n) is 8.11. The maximum absolute atomic E-state index is 5.88. The molecule has 110 valence electrons. The van der Waals surface area contributed by atoms with Crippen LogP contribution < -0.4 is 5.32 Å². The van der Waals surface area contributed by atoms with Gasteiger partial charge in [-0.15, -0.1) is 0 Å². The highest BCUT2D eigenvalue weighted by Gasteiger charge is 2.47. The van der Waals surface area contributed by atoms with Crippen molar-refractivity contribution in [3.8, 4) is 0 Å². The van der Waals surface area contributed by atoms with Crippen molar-refractivity contribution in [1.82, 2.24) is 5.32 Å². The molecule has 3 heteroatoms. The highest BCUT2D eigenvalue weighted by Crippen LogP contribution is 2.53. The van der Waals surface area contributed by atoms with Gasteiger partial charge in [0.15, 0.2) is 0 Å². The highest BCUT2D eigenvalue weighted by atomic mass is 32.2. The monoisotopic (exact) mass is 291 g/mol.